The zero-order valence-electron chi connectivity index (χ0n) is 22.4. The van der Waals surface area contributed by atoms with Gasteiger partial charge in [0.1, 0.15) is 12.6 Å². The summed E-state index contributed by atoms with van der Waals surface area (Å²) in [7, 11) is -4.21. The lowest BCUT2D eigenvalue weighted by molar-refractivity contribution is -0.139. The van der Waals surface area contributed by atoms with E-state index in [1.165, 1.54) is 35.2 Å². The molecule has 0 saturated heterocycles. The van der Waals surface area contributed by atoms with E-state index >= 15 is 0 Å². The van der Waals surface area contributed by atoms with Crippen LogP contribution < -0.4 is 9.62 Å². The van der Waals surface area contributed by atoms with E-state index in [1.807, 2.05) is 45.0 Å². The quantitative estimate of drug-likeness (QED) is 0.305. The first-order chi connectivity index (χ1) is 18.4. The third-order valence-corrected chi connectivity index (χ3v) is 8.70. The Bertz CT molecular complexity index is 1420. The number of benzene rings is 3. The molecule has 3 aromatic carbocycles. The van der Waals surface area contributed by atoms with Crippen LogP contribution >= 0.6 is 23.2 Å². The second-order valence-corrected chi connectivity index (χ2v) is 12.1. The number of halogens is 2. The Morgan fingerprint density at radius 3 is 2.26 bits per heavy atom. The Kier molecular flexibility index (Phi) is 10.4. The van der Waals surface area contributed by atoms with Crippen molar-refractivity contribution in [3.63, 3.8) is 0 Å². The smallest absolute Gasteiger partial charge is 0.264 e. The molecule has 2 atom stereocenters. The van der Waals surface area contributed by atoms with Crippen LogP contribution in [0.1, 0.15) is 38.3 Å². The number of nitrogens with zero attached hydrogens (tertiary/aromatic N) is 2. The predicted molar refractivity (Wildman–Crippen MR) is 157 cm³/mol. The van der Waals surface area contributed by atoms with E-state index in [1.54, 1.807) is 25.1 Å². The lowest BCUT2D eigenvalue weighted by Crippen LogP contribution is -2.52. The van der Waals surface area contributed by atoms with Gasteiger partial charge in [-0.15, -0.1) is 0 Å². The van der Waals surface area contributed by atoms with E-state index in [-0.39, 0.29) is 34.1 Å². The predicted octanol–water partition coefficient (Wildman–Crippen LogP) is 5.83. The summed E-state index contributed by atoms with van der Waals surface area (Å²) in [6, 6.07) is 18.8. The first-order valence-corrected chi connectivity index (χ1v) is 14.8. The average molecular weight is 591 g/mol. The normalized spacial score (nSPS) is 12.9. The molecule has 2 amide bonds. The zero-order valence-corrected chi connectivity index (χ0v) is 24.7. The van der Waals surface area contributed by atoms with Crippen LogP contribution in [0.2, 0.25) is 10.0 Å². The van der Waals surface area contributed by atoms with Crippen LogP contribution in [-0.2, 0) is 26.2 Å². The maximum atomic E-state index is 13.9. The number of amides is 2. The van der Waals surface area contributed by atoms with Gasteiger partial charge in [0, 0.05) is 17.6 Å². The molecular weight excluding hydrogens is 557 g/mol. The maximum absolute atomic E-state index is 13.9. The van der Waals surface area contributed by atoms with Crippen molar-refractivity contribution in [2.45, 2.75) is 57.6 Å². The Labute approximate surface area is 240 Å². The molecule has 39 heavy (non-hydrogen) atoms. The Morgan fingerprint density at radius 2 is 1.64 bits per heavy atom. The third-order valence-electron chi connectivity index (χ3n) is 6.39. The van der Waals surface area contributed by atoms with Crippen molar-refractivity contribution in [2.75, 3.05) is 10.8 Å². The Hall–Kier alpha value is -3.07. The van der Waals surface area contributed by atoms with Crippen LogP contribution in [0.25, 0.3) is 0 Å². The van der Waals surface area contributed by atoms with Crippen molar-refractivity contribution in [3.05, 3.63) is 94.0 Å². The monoisotopic (exact) mass is 589 g/mol. The SMILES string of the molecule is CC[C@H](C)NC(=O)[C@H](C)N(Cc1cccc(C)c1)C(=O)CN(c1ccc(Cl)cc1Cl)S(=O)(=O)c1ccccc1. The zero-order chi connectivity index (χ0) is 28.7. The Morgan fingerprint density at radius 1 is 0.949 bits per heavy atom. The fraction of sp³-hybridized carbons (Fsp3) is 0.310. The minimum absolute atomic E-state index is 0.00314. The van der Waals surface area contributed by atoms with Crippen LogP contribution in [-0.4, -0.2) is 43.8 Å². The molecule has 0 aromatic heterocycles. The van der Waals surface area contributed by atoms with Gasteiger partial charge in [-0.05, 0) is 63.1 Å². The molecule has 1 N–H and O–H groups in total. The molecule has 0 unspecified atom stereocenters. The van der Waals surface area contributed by atoms with Gasteiger partial charge in [0.2, 0.25) is 11.8 Å². The van der Waals surface area contributed by atoms with E-state index in [2.05, 4.69) is 5.32 Å². The largest absolute Gasteiger partial charge is 0.352 e. The van der Waals surface area contributed by atoms with Gasteiger partial charge >= 0.3 is 0 Å². The number of nitrogens with one attached hydrogen (secondary N) is 1. The van der Waals surface area contributed by atoms with Crippen LogP contribution in [0.5, 0.6) is 0 Å². The fourth-order valence-electron chi connectivity index (χ4n) is 3.97. The molecule has 0 aliphatic rings. The van der Waals surface area contributed by atoms with Crippen LogP contribution in [0.15, 0.2) is 77.7 Å². The molecule has 3 rings (SSSR count). The highest BCUT2D eigenvalue weighted by Gasteiger charge is 2.33. The first-order valence-electron chi connectivity index (χ1n) is 12.6. The molecule has 0 bridgehead atoms. The summed E-state index contributed by atoms with van der Waals surface area (Å²) in [5.74, 6) is -0.888. The number of sulfonamides is 1. The summed E-state index contributed by atoms with van der Waals surface area (Å²) >= 11 is 12.5. The second kappa shape index (κ2) is 13.3. The molecular formula is C29H33Cl2N3O4S. The summed E-state index contributed by atoms with van der Waals surface area (Å²) in [4.78, 5) is 28.4. The van der Waals surface area contributed by atoms with Gasteiger partial charge in [0.15, 0.2) is 0 Å². The minimum Gasteiger partial charge on any atom is -0.352 e. The summed E-state index contributed by atoms with van der Waals surface area (Å²) in [6.45, 7) is 6.94. The highest BCUT2D eigenvalue weighted by Crippen LogP contribution is 2.33. The van der Waals surface area contributed by atoms with Crippen molar-refractivity contribution in [1.82, 2.24) is 10.2 Å². The topological polar surface area (TPSA) is 86.8 Å². The number of carbonyl (C=O) groups excluding carboxylic acids is 2. The van der Waals surface area contributed by atoms with E-state index in [0.717, 1.165) is 21.9 Å². The first kappa shape index (κ1) is 30.5. The van der Waals surface area contributed by atoms with Gasteiger partial charge in [0.25, 0.3) is 10.0 Å². The summed E-state index contributed by atoms with van der Waals surface area (Å²) in [5.41, 5.74) is 1.91. The number of hydrogen-bond donors (Lipinski definition) is 1. The molecule has 208 valence electrons. The molecule has 0 fully saturated rings. The highest BCUT2D eigenvalue weighted by molar-refractivity contribution is 7.92. The number of hydrogen-bond acceptors (Lipinski definition) is 4. The van der Waals surface area contributed by atoms with Gasteiger partial charge in [-0.25, -0.2) is 8.42 Å². The number of carbonyl (C=O) groups is 2. The lowest BCUT2D eigenvalue weighted by Gasteiger charge is -2.32. The molecule has 0 aliphatic carbocycles. The molecule has 10 heteroatoms. The Balaban J connectivity index is 2.05. The van der Waals surface area contributed by atoms with E-state index in [0.29, 0.717) is 5.02 Å². The molecule has 3 aromatic rings. The van der Waals surface area contributed by atoms with Gasteiger partial charge in [-0.3, -0.25) is 13.9 Å². The van der Waals surface area contributed by atoms with Crippen molar-refractivity contribution in [1.29, 1.82) is 0 Å². The van der Waals surface area contributed by atoms with Gasteiger partial charge in [0.05, 0.1) is 15.6 Å². The summed E-state index contributed by atoms with van der Waals surface area (Å²) in [5, 5.41) is 3.31. The standard InChI is InChI=1S/C29H33Cl2N3O4S/c1-5-21(3)32-29(36)22(4)33(18-23-11-9-10-20(2)16-23)28(35)19-34(27-15-14-24(30)17-26(27)31)39(37,38)25-12-7-6-8-13-25/h6-17,21-22H,5,18-19H2,1-4H3,(H,32,36)/t21-,22-/m0/s1. The van der Waals surface area contributed by atoms with E-state index in [9.17, 15) is 18.0 Å². The van der Waals surface area contributed by atoms with E-state index in [4.69, 9.17) is 23.2 Å². The highest BCUT2D eigenvalue weighted by atomic mass is 35.5. The maximum Gasteiger partial charge on any atom is 0.264 e. The van der Waals surface area contributed by atoms with Crippen molar-refractivity contribution < 1.29 is 18.0 Å². The van der Waals surface area contributed by atoms with Gasteiger partial charge < -0.3 is 10.2 Å². The van der Waals surface area contributed by atoms with Crippen molar-refractivity contribution in [3.8, 4) is 0 Å². The molecule has 0 spiro atoms. The lowest BCUT2D eigenvalue weighted by atomic mass is 10.1. The van der Waals surface area contributed by atoms with Crippen molar-refractivity contribution in [2.24, 2.45) is 0 Å². The second-order valence-electron chi connectivity index (χ2n) is 9.43. The van der Waals surface area contributed by atoms with Gasteiger partial charge in [-0.2, -0.15) is 0 Å². The van der Waals surface area contributed by atoms with Crippen LogP contribution in [0.4, 0.5) is 5.69 Å². The molecule has 0 heterocycles. The summed E-state index contributed by atoms with van der Waals surface area (Å²) < 4.78 is 28.6. The number of anilines is 1. The number of rotatable bonds is 11. The minimum atomic E-state index is -4.21. The average Bonchev–Trinajstić information content (AvgIpc) is 2.90. The van der Waals surface area contributed by atoms with E-state index < -0.39 is 28.5 Å². The van der Waals surface area contributed by atoms with Crippen LogP contribution in [0.3, 0.4) is 0 Å². The molecule has 0 radical (unpaired) electrons. The molecule has 0 saturated carbocycles. The van der Waals surface area contributed by atoms with Crippen LogP contribution in [0, 0.1) is 6.92 Å². The van der Waals surface area contributed by atoms with Gasteiger partial charge in [-0.1, -0.05) is 78.2 Å². The molecule has 7 nitrogen and oxygen atoms in total. The fourth-order valence-corrected chi connectivity index (χ4v) is 5.99. The van der Waals surface area contributed by atoms with Crippen molar-refractivity contribution >= 4 is 50.7 Å². The third kappa shape index (κ3) is 7.75. The summed E-state index contributed by atoms with van der Waals surface area (Å²) in [6.07, 6.45) is 0.725. The molecule has 0 aliphatic heterocycles. The number of aryl methyl sites for hydroxylation is 1.